The lowest BCUT2D eigenvalue weighted by Crippen LogP contribution is -2.04. The van der Waals surface area contributed by atoms with Crippen LogP contribution in [0.25, 0.3) is 33.6 Å². The highest BCUT2D eigenvalue weighted by Crippen LogP contribution is 2.35. The molecule has 0 spiro atoms. The molecule has 0 bridgehead atoms. The van der Waals surface area contributed by atoms with E-state index in [9.17, 15) is 0 Å². The Kier molecular flexibility index (Phi) is 6.23. The monoisotopic (exact) mass is 481 g/mol. The molecule has 32 heavy (non-hydrogen) atoms. The predicted octanol–water partition coefficient (Wildman–Crippen LogP) is 9.20. The largest absolute Gasteiger partial charge is 0.248 e. The van der Waals surface area contributed by atoms with Crippen LogP contribution in [0.1, 0.15) is 49.1 Å². The molecule has 0 saturated heterocycles. The van der Waals surface area contributed by atoms with Crippen molar-refractivity contribution in [3.8, 4) is 33.6 Å². The second-order valence-electron chi connectivity index (χ2n) is 8.96. The van der Waals surface area contributed by atoms with Crippen molar-refractivity contribution >= 4 is 15.9 Å². The van der Waals surface area contributed by atoms with Crippen LogP contribution in [0, 0.1) is 6.92 Å². The maximum atomic E-state index is 5.08. The molecule has 0 amide bonds. The highest BCUT2D eigenvalue weighted by molar-refractivity contribution is 9.10. The quantitative estimate of drug-likeness (QED) is 0.283. The maximum Gasteiger partial charge on any atom is 0.0715 e. The third-order valence-electron chi connectivity index (χ3n) is 6.63. The number of rotatable bonds is 4. The number of hydrogen-bond acceptors (Lipinski definition) is 1. The van der Waals surface area contributed by atoms with Crippen molar-refractivity contribution in [2.45, 2.75) is 44.9 Å². The average molecular weight is 482 g/mol. The molecule has 0 radical (unpaired) electrons. The summed E-state index contributed by atoms with van der Waals surface area (Å²) in [5, 5.41) is 0. The smallest absolute Gasteiger partial charge is 0.0715 e. The first kappa shape index (κ1) is 21.2. The number of pyridine rings is 1. The van der Waals surface area contributed by atoms with Gasteiger partial charge in [-0.3, -0.25) is 0 Å². The molecule has 2 heteroatoms. The number of benzene rings is 3. The lowest BCUT2D eigenvalue weighted by molar-refractivity contribution is 0.443. The van der Waals surface area contributed by atoms with Crippen LogP contribution in [-0.2, 0) is 0 Å². The van der Waals surface area contributed by atoms with Crippen LogP contribution in [0.2, 0.25) is 0 Å². The van der Waals surface area contributed by atoms with Crippen LogP contribution < -0.4 is 0 Å². The fourth-order valence-corrected chi connectivity index (χ4v) is 4.99. The summed E-state index contributed by atoms with van der Waals surface area (Å²) >= 11 is 3.55. The summed E-state index contributed by atoms with van der Waals surface area (Å²) in [7, 11) is 0. The average Bonchev–Trinajstić information content (AvgIpc) is 2.85. The van der Waals surface area contributed by atoms with Crippen LogP contribution in [0.5, 0.6) is 0 Å². The summed E-state index contributed by atoms with van der Waals surface area (Å²) in [5.41, 5.74) is 9.49. The molecule has 5 rings (SSSR count). The summed E-state index contributed by atoms with van der Waals surface area (Å²) in [5.74, 6) is 0.725. The molecule has 0 atom stereocenters. The van der Waals surface area contributed by atoms with Gasteiger partial charge in [0.15, 0.2) is 0 Å². The highest BCUT2D eigenvalue weighted by Gasteiger charge is 2.16. The van der Waals surface area contributed by atoms with Gasteiger partial charge >= 0.3 is 0 Å². The first-order valence-electron chi connectivity index (χ1n) is 11.6. The van der Waals surface area contributed by atoms with Crippen LogP contribution in [-0.4, -0.2) is 4.98 Å². The first-order chi connectivity index (χ1) is 15.7. The van der Waals surface area contributed by atoms with Crippen molar-refractivity contribution in [1.82, 2.24) is 4.98 Å². The summed E-state index contributed by atoms with van der Waals surface area (Å²) in [6.07, 6.45) is 6.78. The van der Waals surface area contributed by atoms with Gasteiger partial charge in [0.25, 0.3) is 0 Å². The van der Waals surface area contributed by atoms with Gasteiger partial charge in [0.2, 0.25) is 0 Å². The molecule has 1 fully saturated rings. The van der Waals surface area contributed by atoms with Crippen molar-refractivity contribution in [3.63, 3.8) is 0 Å². The van der Waals surface area contributed by atoms with Crippen molar-refractivity contribution in [3.05, 3.63) is 101 Å². The Morgan fingerprint density at radius 1 is 0.625 bits per heavy atom. The third-order valence-corrected chi connectivity index (χ3v) is 7.16. The van der Waals surface area contributed by atoms with Crippen molar-refractivity contribution in [2.75, 3.05) is 0 Å². The molecule has 1 aromatic heterocycles. The van der Waals surface area contributed by atoms with Gasteiger partial charge in [0.05, 0.1) is 11.4 Å². The fraction of sp³-hybridized carbons (Fsp3) is 0.233. The minimum absolute atomic E-state index is 0.725. The zero-order chi connectivity index (χ0) is 21.9. The van der Waals surface area contributed by atoms with Crippen LogP contribution in [0.4, 0.5) is 0 Å². The van der Waals surface area contributed by atoms with Gasteiger partial charge in [-0.2, -0.15) is 0 Å². The molecule has 1 heterocycles. The summed E-state index contributed by atoms with van der Waals surface area (Å²) in [4.78, 5) is 5.08. The summed E-state index contributed by atoms with van der Waals surface area (Å²) in [6.45, 7) is 2.12. The van der Waals surface area contributed by atoms with Crippen LogP contribution in [0.15, 0.2) is 89.4 Å². The number of aryl methyl sites for hydroxylation is 1. The second-order valence-corrected chi connectivity index (χ2v) is 9.87. The van der Waals surface area contributed by atoms with E-state index in [0.29, 0.717) is 0 Å². The Labute approximate surface area is 199 Å². The minimum atomic E-state index is 0.725. The molecule has 1 nitrogen and oxygen atoms in total. The van der Waals surface area contributed by atoms with E-state index in [2.05, 4.69) is 108 Å². The van der Waals surface area contributed by atoms with Crippen molar-refractivity contribution in [2.24, 2.45) is 0 Å². The van der Waals surface area contributed by atoms with Gasteiger partial charge in [-0.15, -0.1) is 0 Å². The van der Waals surface area contributed by atoms with Crippen LogP contribution >= 0.6 is 15.9 Å². The molecule has 1 aliphatic carbocycles. The van der Waals surface area contributed by atoms with E-state index >= 15 is 0 Å². The molecule has 0 unspecified atom stereocenters. The van der Waals surface area contributed by atoms with E-state index < -0.39 is 0 Å². The van der Waals surface area contributed by atoms with Crippen molar-refractivity contribution < 1.29 is 0 Å². The Morgan fingerprint density at radius 2 is 1.16 bits per heavy atom. The zero-order valence-electron chi connectivity index (χ0n) is 18.5. The lowest BCUT2D eigenvalue weighted by atomic mass is 9.84. The molecule has 1 saturated carbocycles. The molecular formula is C30H28BrN. The second kappa shape index (κ2) is 9.42. The number of nitrogens with zero attached hydrogens (tertiary/aromatic N) is 1. The Balaban J connectivity index is 1.56. The number of halogens is 1. The zero-order valence-corrected chi connectivity index (χ0v) is 20.1. The Morgan fingerprint density at radius 3 is 1.75 bits per heavy atom. The molecule has 0 N–H and O–H groups in total. The SMILES string of the molecule is Cc1ccc(-c2cc(-c3ccc(Br)cc3)cc(-c3ccc(C4CCCCC4)cc3)n2)cc1. The van der Waals surface area contributed by atoms with Gasteiger partial charge in [-0.05, 0) is 66.6 Å². The Bertz CT molecular complexity index is 1120. The highest BCUT2D eigenvalue weighted by atomic mass is 79.9. The van der Waals surface area contributed by atoms with Gasteiger partial charge in [-0.25, -0.2) is 4.98 Å². The fourth-order valence-electron chi connectivity index (χ4n) is 4.72. The minimum Gasteiger partial charge on any atom is -0.248 e. The molecule has 4 aromatic rings. The van der Waals surface area contributed by atoms with Gasteiger partial charge in [-0.1, -0.05) is 101 Å². The summed E-state index contributed by atoms with van der Waals surface area (Å²) in [6, 6.07) is 30.7. The normalized spacial score (nSPS) is 14.4. The standard InChI is InChI=1S/C30H28BrN/c1-21-7-9-25(10-8-21)29-19-27(24-15-17-28(31)18-16-24)20-30(32-29)26-13-11-23(12-14-26)22-5-3-2-4-6-22/h7-20,22H,2-6H2,1H3. The molecule has 0 aliphatic heterocycles. The van der Waals surface area contributed by atoms with E-state index in [1.165, 1.54) is 59.9 Å². The van der Waals surface area contributed by atoms with Crippen molar-refractivity contribution in [1.29, 1.82) is 0 Å². The van der Waals surface area contributed by atoms with Gasteiger partial charge in [0.1, 0.15) is 0 Å². The Hall–Kier alpha value is -2.71. The third kappa shape index (κ3) is 4.71. The van der Waals surface area contributed by atoms with Gasteiger partial charge < -0.3 is 0 Å². The van der Waals surface area contributed by atoms with E-state index in [4.69, 9.17) is 4.98 Å². The summed E-state index contributed by atoms with van der Waals surface area (Å²) < 4.78 is 1.09. The number of hydrogen-bond donors (Lipinski definition) is 0. The molecule has 3 aromatic carbocycles. The molecule has 1 aliphatic rings. The lowest BCUT2D eigenvalue weighted by Gasteiger charge is -2.22. The number of aromatic nitrogens is 1. The van der Waals surface area contributed by atoms with E-state index in [-0.39, 0.29) is 0 Å². The van der Waals surface area contributed by atoms with Gasteiger partial charge in [0, 0.05) is 15.6 Å². The van der Waals surface area contributed by atoms with E-state index in [0.717, 1.165) is 27.3 Å². The first-order valence-corrected chi connectivity index (χ1v) is 12.4. The van der Waals surface area contributed by atoms with E-state index in [1.807, 2.05) is 0 Å². The predicted molar refractivity (Wildman–Crippen MR) is 139 cm³/mol. The van der Waals surface area contributed by atoms with E-state index in [1.54, 1.807) is 0 Å². The topological polar surface area (TPSA) is 12.9 Å². The van der Waals surface area contributed by atoms with Crippen LogP contribution in [0.3, 0.4) is 0 Å². The molecule has 160 valence electrons. The molecular weight excluding hydrogens is 454 g/mol. The maximum absolute atomic E-state index is 5.08.